The lowest BCUT2D eigenvalue weighted by Crippen LogP contribution is -2.35. The van der Waals surface area contributed by atoms with Gasteiger partial charge in [0.1, 0.15) is 5.75 Å². The lowest BCUT2D eigenvalue weighted by atomic mass is 10.3. The Morgan fingerprint density at radius 3 is 2.79 bits per heavy atom. The maximum Gasteiger partial charge on any atom is 0.150 e. The molecule has 0 radical (unpaired) electrons. The molecular weight excluding hydrogens is 276 g/mol. The van der Waals surface area contributed by atoms with Gasteiger partial charge in [-0.2, -0.15) is 0 Å². The Hall–Kier alpha value is -0.780. The molecule has 0 saturated carbocycles. The molecule has 0 aliphatic heterocycles. The number of ether oxygens (including phenoxy) is 1. The van der Waals surface area contributed by atoms with E-state index in [4.69, 9.17) is 4.74 Å². The minimum absolute atomic E-state index is 0.773. The molecule has 1 aromatic carbocycles. The van der Waals surface area contributed by atoms with Crippen LogP contribution in [-0.2, 0) is 0 Å². The van der Waals surface area contributed by atoms with E-state index in [0.29, 0.717) is 0 Å². The smallest absolute Gasteiger partial charge is 0.150 e. The van der Waals surface area contributed by atoms with Crippen molar-refractivity contribution in [2.24, 2.45) is 0 Å². The highest BCUT2D eigenvalue weighted by atomic mass is 32.2. The number of aromatic nitrogens is 1. The van der Waals surface area contributed by atoms with Crippen molar-refractivity contribution in [1.29, 1.82) is 0 Å². The summed E-state index contributed by atoms with van der Waals surface area (Å²) in [6.07, 6.45) is 3.13. The summed E-state index contributed by atoms with van der Waals surface area (Å²) in [5.41, 5.74) is 1.06. The minimum atomic E-state index is 0.773. The summed E-state index contributed by atoms with van der Waals surface area (Å²) in [6, 6.07) is 6.15. The maximum absolute atomic E-state index is 5.81. The molecule has 19 heavy (non-hydrogen) atoms. The van der Waals surface area contributed by atoms with Crippen molar-refractivity contribution in [3.05, 3.63) is 18.2 Å². The van der Waals surface area contributed by atoms with Crippen LogP contribution in [0.1, 0.15) is 6.42 Å². The molecule has 1 aromatic heterocycles. The third-order valence-electron chi connectivity index (χ3n) is 2.76. The molecule has 0 atom stereocenters. The van der Waals surface area contributed by atoms with E-state index in [-0.39, 0.29) is 0 Å². The van der Waals surface area contributed by atoms with E-state index in [1.54, 1.807) is 23.1 Å². The molecule has 1 heterocycles. The molecule has 0 amide bonds. The van der Waals surface area contributed by atoms with Crippen LogP contribution in [0.3, 0.4) is 0 Å². The van der Waals surface area contributed by atoms with Gasteiger partial charge in [-0.05, 0) is 24.5 Å². The molecule has 104 valence electrons. The molecule has 2 aromatic rings. The first-order valence-corrected chi connectivity index (χ1v) is 8.40. The Labute approximate surface area is 123 Å². The molecule has 0 fully saturated rings. The molecule has 0 saturated heterocycles. The van der Waals surface area contributed by atoms with Gasteiger partial charge in [0.15, 0.2) is 4.34 Å². The molecule has 2 rings (SSSR count). The summed E-state index contributed by atoms with van der Waals surface area (Å²) in [6.45, 7) is 1.90. The van der Waals surface area contributed by atoms with Crippen LogP contribution in [0.4, 0.5) is 0 Å². The summed E-state index contributed by atoms with van der Waals surface area (Å²) in [4.78, 5) is 4.52. The second kappa shape index (κ2) is 6.11. The molecule has 5 heteroatoms. The fraction of sp³-hybridized carbons (Fsp3) is 0.500. The molecule has 0 N–H and O–H groups in total. The van der Waals surface area contributed by atoms with Gasteiger partial charge in [-0.3, -0.25) is 0 Å². The van der Waals surface area contributed by atoms with Gasteiger partial charge in [-0.1, -0.05) is 11.8 Å². The van der Waals surface area contributed by atoms with E-state index >= 15 is 0 Å². The van der Waals surface area contributed by atoms with Crippen molar-refractivity contribution in [2.45, 2.75) is 10.8 Å². The van der Waals surface area contributed by atoms with Crippen LogP contribution in [0, 0.1) is 0 Å². The lowest BCUT2D eigenvalue weighted by molar-refractivity contribution is -0.870. The summed E-state index contributed by atoms with van der Waals surface area (Å²) in [5.74, 6) is 0.949. The predicted octanol–water partition coefficient (Wildman–Crippen LogP) is 3.49. The summed E-state index contributed by atoms with van der Waals surface area (Å²) < 4.78 is 9.11. The molecule has 0 spiro atoms. The van der Waals surface area contributed by atoms with Gasteiger partial charge in [0.2, 0.25) is 0 Å². The normalized spacial score (nSPS) is 12.0. The number of quaternary nitrogens is 1. The van der Waals surface area contributed by atoms with Crippen LogP contribution in [0.15, 0.2) is 22.5 Å². The van der Waals surface area contributed by atoms with E-state index in [2.05, 4.69) is 38.4 Å². The Morgan fingerprint density at radius 1 is 1.32 bits per heavy atom. The monoisotopic (exact) mass is 297 g/mol. The molecule has 0 unspecified atom stereocenters. The van der Waals surface area contributed by atoms with Gasteiger partial charge in [0, 0.05) is 6.42 Å². The highest BCUT2D eigenvalue weighted by Crippen LogP contribution is 2.30. The van der Waals surface area contributed by atoms with E-state index in [1.807, 2.05) is 12.1 Å². The van der Waals surface area contributed by atoms with Gasteiger partial charge in [-0.15, -0.1) is 11.3 Å². The first-order chi connectivity index (χ1) is 8.98. The zero-order chi connectivity index (χ0) is 13.9. The standard InChI is InChI=1S/C14H21N2OS2/c1-16(2,3)8-5-9-17-11-6-7-12-13(10-11)19-14(15-12)18-4/h6-7,10H,5,8-9H2,1-4H3/q+1. The van der Waals surface area contributed by atoms with Gasteiger partial charge in [-0.25, -0.2) is 4.98 Å². The lowest BCUT2D eigenvalue weighted by Gasteiger charge is -2.23. The summed E-state index contributed by atoms with van der Waals surface area (Å²) >= 11 is 3.41. The average molecular weight is 297 g/mol. The Bertz CT molecular complexity index is 546. The number of hydrogen-bond acceptors (Lipinski definition) is 4. The van der Waals surface area contributed by atoms with Crippen molar-refractivity contribution >= 4 is 33.3 Å². The zero-order valence-corrected chi connectivity index (χ0v) is 13.6. The van der Waals surface area contributed by atoms with Crippen LogP contribution >= 0.6 is 23.1 Å². The maximum atomic E-state index is 5.81. The number of thioether (sulfide) groups is 1. The van der Waals surface area contributed by atoms with Crippen molar-refractivity contribution < 1.29 is 9.22 Å². The van der Waals surface area contributed by atoms with Crippen LogP contribution in [0.25, 0.3) is 10.2 Å². The summed E-state index contributed by atoms with van der Waals surface area (Å²) in [5, 5.41) is 0. The first kappa shape index (κ1) is 14.6. The number of rotatable bonds is 6. The van der Waals surface area contributed by atoms with Crippen molar-refractivity contribution in [3.8, 4) is 5.75 Å². The number of hydrogen-bond donors (Lipinski definition) is 0. The van der Waals surface area contributed by atoms with Gasteiger partial charge in [0.05, 0.1) is 44.5 Å². The van der Waals surface area contributed by atoms with E-state index in [9.17, 15) is 0 Å². The van der Waals surface area contributed by atoms with Crippen LogP contribution < -0.4 is 4.74 Å². The van der Waals surface area contributed by atoms with E-state index in [1.165, 1.54) is 4.70 Å². The number of thiazole rings is 1. The van der Waals surface area contributed by atoms with E-state index < -0.39 is 0 Å². The van der Waals surface area contributed by atoms with E-state index in [0.717, 1.165) is 39.7 Å². The third-order valence-corrected chi connectivity index (χ3v) is 4.76. The van der Waals surface area contributed by atoms with Crippen molar-refractivity contribution in [1.82, 2.24) is 4.98 Å². The van der Waals surface area contributed by atoms with Gasteiger partial charge < -0.3 is 9.22 Å². The third kappa shape index (κ3) is 4.37. The highest BCUT2D eigenvalue weighted by molar-refractivity contribution is 8.00. The fourth-order valence-corrected chi connectivity index (χ4v) is 3.31. The topological polar surface area (TPSA) is 22.1 Å². The molecule has 3 nitrogen and oxygen atoms in total. The van der Waals surface area contributed by atoms with Crippen LogP contribution in [0.5, 0.6) is 5.75 Å². The Morgan fingerprint density at radius 2 is 2.11 bits per heavy atom. The quantitative estimate of drug-likeness (QED) is 0.463. The Kier molecular flexibility index (Phi) is 4.71. The van der Waals surface area contributed by atoms with Gasteiger partial charge >= 0.3 is 0 Å². The highest BCUT2D eigenvalue weighted by Gasteiger charge is 2.07. The second-order valence-corrected chi connectivity index (χ2v) is 7.61. The minimum Gasteiger partial charge on any atom is -0.493 e. The Balaban J connectivity index is 1.94. The summed E-state index contributed by atoms with van der Waals surface area (Å²) in [7, 11) is 6.61. The largest absolute Gasteiger partial charge is 0.493 e. The van der Waals surface area contributed by atoms with Crippen LogP contribution in [0.2, 0.25) is 0 Å². The van der Waals surface area contributed by atoms with Crippen molar-refractivity contribution in [3.63, 3.8) is 0 Å². The number of fused-ring (bicyclic) bond motifs is 1. The molecular formula is C14H21N2OS2+. The second-order valence-electron chi connectivity index (χ2n) is 5.53. The predicted molar refractivity (Wildman–Crippen MR) is 84.4 cm³/mol. The first-order valence-electron chi connectivity index (χ1n) is 6.36. The number of benzene rings is 1. The molecule has 0 aliphatic rings. The fourth-order valence-electron chi connectivity index (χ4n) is 1.79. The molecule has 0 aliphatic carbocycles. The molecule has 0 bridgehead atoms. The van der Waals surface area contributed by atoms with Gasteiger partial charge in [0.25, 0.3) is 0 Å². The van der Waals surface area contributed by atoms with Crippen LogP contribution in [-0.4, -0.2) is 50.0 Å². The zero-order valence-electron chi connectivity index (χ0n) is 12.0. The SMILES string of the molecule is CSc1nc2ccc(OCCC[N+](C)(C)C)cc2s1. The average Bonchev–Trinajstić information content (AvgIpc) is 2.75. The van der Waals surface area contributed by atoms with Crippen molar-refractivity contribution in [2.75, 3.05) is 40.6 Å². The number of nitrogens with zero attached hydrogens (tertiary/aromatic N) is 2.